The summed E-state index contributed by atoms with van der Waals surface area (Å²) in [5.74, 6) is 0.163. The van der Waals surface area contributed by atoms with Gasteiger partial charge in [-0.05, 0) is 24.6 Å². The third-order valence-electron chi connectivity index (χ3n) is 3.79. The Kier molecular flexibility index (Phi) is 4.72. The molecule has 0 radical (unpaired) electrons. The van der Waals surface area contributed by atoms with Gasteiger partial charge in [-0.3, -0.25) is 0 Å². The lowest BCUT2D eigenvalue weighted by atomic mass is 10.1. The molecular weight excluding hydrogens is 338 g/mol. The van der Waals surface area contributed by atoms with Crippen LogP contribution >= 0.6 is 11.6 Å². The molecule has 1 atom stereocenters. The van der Waals surface area contributed by atoms with E-state index in [0.29, 0.717) is 36.1 Å². The van der Waals surface area contributed by atoms with Crippen LogP contribution in [0.15, 0.2) is 34.9 Å². The minimum Gasteiger partial charge on any atom is -0.360 e. The Bertz CT molecular complexity index is 791. The smallest absolute Gasteiger partial charge is 0.222 e. The normalized spacial score (nSPS) is 19.8. The van der Waals surface area contributed by atoms with Gasteiger partial charge in [-0.15, -0.1) is 0 Å². The van der Waals surface area contributed by atoms with Gasteiger partial charge in [-0.2, -0.15) is 4.31 Å². The van der Waals surface area contributed by atoms with Gasteiger partial charge in [0, 0.05) is 30.7 Å². The van der Waals surface area contributed by atoms with Crippen LogP contribution in [0.5, 0.6) is 0 Å². The molecule has 1 saturated heterocycles. The van der Waals surface area contributed by atoms with E-state index >= 15 is 0 Å². The van der Waals surface area contributed by atoms with E-state index in [2.05, 4.69) is 10.5 Å². The second kappa shape index (κ2) is 6.60. The maximum absolute atomic E-state index is 12.8. The molecule has 1 aromatic heterocycles. The van der Waals surface area contributed by atoms with Crippen molar-refractivity contribution in [1.82, 2.24) is 14.8 Å². The predicted molar refractivity (Wildman–Crippen MR) is 87.6 cm³/mol. The summed E-state index contributed by atoms with van der Waals surface area (Å²) in [6, 6.07) is 8.67. The SMILES string of the molecule is Cc1cc(CS(=O)(=O)N2CCNCC2c2cccc(Cl)c2)on1. The number of aromatic nitrogens is 1. The number of aryl methyl sites for hydroxylation is 1. The number of nitrogens with one attached hydrogen (secondary N) is 1. The first-order valence-electron chi connectivity index (χ1n) is 7.33. The summed E-state index contributed by atoms with van der Waals surface area (Å²) >= 11 is 6.05. The summed E-state index contributed by atoms with van der Waals surface area (Å²) in [4.78, 5) is 0. The highest BCUT2D eigenvalue weighted by Crippen LogP contribution is 2.28. The average molecular weight is 356 g/mol. The predicted octanol–water partition coefficient (Wildman–Crippen LogP) is 2.11. The largest absolute Gasteiger partial charge is 0.360 e. The van der Waals surface area contributed by atoms with Crippen LogP contribution < -0.4 is 5.32 Å². The monoisotopic (exact) mass is 355 g/mol. The van der Waals surface area contributed by atoms with Crippen LogP contribution in [0.2, 0.25) is 5.02 Å². The molecule has 2 heterocycles. The maximum Gasteiger partial charge on any atom is 0.222 e. The molecule has 0 bridgehead atoms. The third-order valence-corrected chi connectivity index (χ3v) is 5.82. The molecule has 0 aliphatic carbocycles. The summed E-state index contributed by atoms with van der Waals surface area (Å²) in [5, 5.41) is 7.58. The van der Waals surface area contributed by atoms with E-state index in [1.165, 1.54) is 4.31 Å². The van der Waals surface area contributed by atoms with Gasteiger partial charge in [0.15, 0.2) is 5.76 Å². The molecule has 2 aromatic rings. The van der Waals surface area contributed by atoms with Crippen molar-refractivity contribution in [3.8, 4) is 0 Å². The zero-order valence-electron chi connectivity index (χ0n) is 12.7. The molecule has 1 unspecified atom stereocenters. The lowest BCUT2D eigenvalue weighted by Gasteiger charge is -2.35. The van der Waals surface area contributed by atoms with E-state index in [1.807, 2.05) is 12.1 Å². The second-order valence-corrected chi connectivity index (χ2v) is 7.93. The van der Waals surface area contributed by atoms with Crippen molar-refractivity contribution in [3.63, 3.8) is 0 Å². The van der Waals surface area contributed by atoms with Crippen LogP contribution in [-0.4, -0.2) is 37.5 Å². The number of nitrogens with zero attached hydrogens (tertiary/aromatic N) is 2. The molecule has 0 amide bonds. The van der Waals surface area contributed by atoms with Crippen molar-refractivity contribution in [2.45, 2.75) is 18.7 Å². The molecule has 1 fully saturated rings. The van der Waals surface area contributed by atoms with Crippen molar-refractivity contribution in [1.29, 1.82) is 0 Å². The average Bonchev–Trinajstić information content (AvgIpc) is 2.91. The van der Waals surface area contributed by atoms with Gasteiger partial charge >= 0.3 is 0 Å². The highest BCUT2D eigenvalue weighted by atomic mass is 35.5. The van der Waals surface area contributed by atoms with Crippen LogP contribution in [0.4, 0.5) is 0 Å². The first-order valence-corrected chi connectivity index (χ1v) is 9.32. The number of hydrogen-bond acceptors (Lipinski definition) is 5. The van der Waals surface area contributed by atoms with Gasteiger partial charge in [-0.1, -0.05) is 28.9 Å². The molecule has 0 spiro atoms. The highest BCUT2D eigenvalue weighted by Gasteiger charge is 2.34. The molecule has 1 N–H and O–H groups in total. The topological polar surface area (TPSA) is 75.4 Å². The second-order valence-electron chi connectivity index (χ2n) is 5.58. The van der Waals surface area contributed by atoms with Crippen molar-refractivity contribution < 1.29 is 12.9 Å². The maximum atomic E-state index is 12.8. The molecule has 3 rings (SSSR count). The van der Waals surface area contributed by atoms with Crippen LogP contribution in [0.3, 0.4) is 0 Å². The Labute approximate surface area is 140 Å². The number of hydrogen-bond donors (Lipinski definition) is 1. The number of benzene rings is 1. The van der Waals surface area contributed by atoms with Gasteiger partial charge in [0.1, 0.15) is 5.75 Å². The fourth-order valence-electron chi connectivity index (χ4n) is 2.76. The number of halogens is 1. The van der Waals surface area contributed by atoms with Crippen LogP contribution in [0.25, 0.3) is 0 Å². The van der Waals surface area contributed by atoms with E-state index in [1.54, 1.807) is 25.1 Å². The molecule has 124 valence electrons. The third kappa shape index (κ3) is 3.74. The molecule has 0 saturated carbocycles. The first kappa shape index (κ1) is 16.4. The quantitative estimate of drug-likeness (QED) is 0.909. The Hall–Kier alpha value is -1.41. The Balaban J connectivity index is 1.88. The van der Waals surface area contributed by atoms with E-state index in [4.69, 9.17) is 16.1 Å². The minimum absolute atomic E-state index is 0.190. The summed E-state index contributed by atoms with van der Waals surface area (Å²) < 4.78 is 32.2. The Morgan fingerprint density at radius 3 is 2.96 bits per heavy atom. The van der Waals surface area contributed by atoms with E-state index in [0.717, 1.165) is 5.56 Å². The van der Waals surface area contributed by atoms with Gasteiger partial charge < -0.3 is 9.84 Å². The molecule has 8 heteroatoms. The summed E-state index contributed by atoms with van der Waals surface area (Å²) in [5.41, 5.74) is 1.55. The van der Waals surface area contributed by atoms with Crippen LogP contribution in [0, 0.1) is 6.92 Å². The van der Waals surface area contributed by atoms with Crippen molar-refractivity contribution >= 4 is 21.6 Å². The highest BCUT2D eigenvalue weighted by molar-refractivity contribution is 7.88. The lowest BCUT2D eigenvalue weighted by molar-refractivity contribution is 0.269. The summed E-state index contributed by atoms with van der Waals surface area (Å²) in [6.45, 7) is 3.34. The van der Waals surface area contributed by atoms with Crippen LogP contribution in [0.1, 0.15) is 23.1 Å². The van der Waals surface area contributed by atoms with Crippen LogP contribution in [-0.2, 0) is 15.8 Å². The van der Waals surface area contributed by atoms with E-state index in [9.17, 15) is 8.42 Å². The van der Waals surface area contributed by atoms with Gasteiger partial charge in [0.2, 0.25) is 10.0 Å². The first-order chi connectivity index (χ1) is 11.0. The molecule has 1 aliphatic rings. The lowest BCUT2D eigenvalue weighted by Crippen LogP contribution is -2.48. The van der Waals surface area contributed by atoms with Gasteiger partial charge in [0.25, 0.3) is 0 Å². The fraction of sp³-hybridized carbons (Fsp3) is 0.400. The number of rotatable bonds is 4. The number of sulfonamides is 1. The van der Waals surface area contributed by atoms with Gasteiger partial charge in [0.05, 0.1) is 11.7 Å². The zero-order valence-corrected chi connectivity index (χ0v) is 14.3. The summed E-state index contributed by atoms with van der Waals surface area (Å²) in [7, 11) is -3.52. The summed E-state index contributed by atoms with van der Waals surface area (Å²) in [6.07, 6.45) is 0. The molecule has 6 nitrogen and oxygen atoms in total. The Morgan fingerprint density at radius 1 is 1.43 bits per heavy atom. The zero-order chi connectivity index (χ0) is 16.4. The number of piperazine rings is 1. The minimum atomic E-state index is -3.52. The fourth-order valence-corrected chi connectivity index (χ4v) is 4.58. The van der Waals surface area contributed by atoms with E-state index in [-0.39, 0.29) is 11.8 Å². The standard InChI is InChI=1S/C15H18ClN3O3S/c1-11-7-14(22-18-11)10-23(20,21)19-6-5-17-9-15(19)12-3-2-4-13(16)8-12/h2-4,7-8,15,17H,5-6,9-10H2,1H3. The van der Waals surface area contributed by atoms with Crippen molar-refractivity contribution in [3.05, 3.63) is 52.4 Å². The molecule has 1 aromatic carbocycles. The van der Waals surface area contributed by atoms with E-state index < -0.39 is 10.0 Å². The Morgan fingerprint density at radius 2 is 2.26 bits per heavy atom. The molecular formula is C15H18ClN3O3S. The van der Waals surface area contributed by atoms with Gasteiger partial charge in [-0.25, -0.2) is 8.42 Å². The van der Waals surface area contributed by atoms with Crippen molar-refractivity contribution in [2.24, 2.45) is 0 Å². The molecule has 1 aliphatic heterocycles. The van der Waals surface area contributed by atoms with Crippen molar-refractivity contribution in [2.75, 3.05) is 19.6 Å². The molecule has 23 heavy (non-hydrogen) atoms.